The van der Waals surface area contributed by atoms with Crippen LogP contribution in [0.4, 0.5) is 0 Å². The molecule has 1 amide bonds. The Hall–Kier alpha value is -2.60. The van der Waals surface area contributed by atoms with E-state index in [1.807, 2.05) is 42.3 Å². The van der Waals surface area contributed by atoms with Gasteiger partial charge in [-0.3, -0.25) is 9.48 Å². The van der Waals surface area contributed by atoms with Crippen molar-refractivity contribution >= 4 is 17.5 Å². The molecule has 0 bridgehead atoms. The van der Waals surface area contributed by atoms with Crippen molar-refractivity contribution in [3.05, 3.63) is 70.2 Å². The van der Waals surface area contributed by atoms with Gasteiger partial charge in [0.05, 0.1) is 11.9 Å². The Labute approximate surface area is 181 Å². The number of hydrogen-bond acceptors (Lipinski definition) is 4. The maximum atomic E-state index is 13.3. The average molecular weight is 427 g/mol. The van der Waals surface area contributed by atoms with Crippen LogP contribution in [0.2, 0.25) is 5.02 Å². The molecule has 0 saturated carbocycles. The molecule has 4 rings (SSSR count). The second-order valence-electron chi connectivity index (χ2n) is 7.87. The Morgan fingerprint density at radius 3 is 2.83 bits per heavy atom. The van der Waals surface area contributed by atoms with E-state index in [1.54, 1.807) is 10.9 Å². The van der Waals surface area contributed by atoms with Crippen molar-refractivity contribution in [3.8, 4) is 0 Å². The fraction of sp³-hybridized carbons (Fsp3) is 0.435. The van der Waals surface area contributed by atoms with Crippen molar-refractivity contribution < 1.29 is 9.21 Å². The van der Waals surface area contributed by atoms with Crippen LogP contribution in [0.1, 0.15) is 72.0 Å². The molecule has 1 aliphatic rings. The number of amides is 1. The van der Waals surface area contributed by atoms with Crippen molar-refractivity contribution in [2.24, 2.45) is 7.05 Å². The topological polar surface area (TPSA) is 64.2 Å². The molecule has 0 spiro atoms. The average Bonchev–Trinajstić information content (AvgIpc) is 3.36. The van der Waals surface area contributed by atoms with Crippen LogP contribution in [-0.4, -0.2) is 32.1 Å². The van der Waals surface area contributed by atoms with E-state index in [-0.39, 0.29) is 11.9 Å². The number of aromatic nitrogens is 3. The summed E-state index contributed by atoms with van der Waals surface area (Å²) in [7, 11) is 1.83. The number of oxazole rings is 1. The highest BCUT2D eigenvalue weighted by atomic mass is 35.5. The zero-order chi connectivity index (χ0) is 21.1. The molecule has 1 fully saturated rings. The Morgan fingerprint density at radius 2 is 2.07 bits per heavy atom. The van der Waals surface area contributed by atoms with Gasteiger partial charge >= 0.3 is 0 Å². The lowest BCUT2D eigenvalue weighted by molar-refractivity contribution is 0.0558. The molecular formula is C23H27ClN4O2. The third-order valence-electron chi connectivity index (χ3n) is 5.57. The van der Waals surface area contributed by atoms with Crippen molar-refractivity contribution in [1.29, 1.82) is 0 Å². The van der Waals surface area contributed by atoms with E-state index >= 15 is 0 Å². The summed E-state index contributed by atoms with van der Waals surface area (Å²) in [5.74, 6) is 1.40. The molecule has 1 atom stereocenters. The highest BCUT2D eigenvalue weighted by Gasteiger charge is 2.33. The maximum Gasteiger partial charge on any atom is 0.272 e. The van der Waals surface area contributed by atoms with Gasteiger partial charge in [0, 0.05) is 25.0 Å². The molecule has 0 aliphatic carbocycles. The zero-order valence-electron chi connectivity index (χ0n) is 17.5. The summed E-state index contributed by atoms with van der Waals surface area (Å²) in [6, 6.07) is 9.48. The fourth-order valence-corrected chi connectivity index (χ4v) is 4.17. The van der Waals surface area contributed by atoms with Gasteiger partial charge in [0.2, 0.25) is 5.89 Å². The second kappa shape index (κ2) is 9.04. The zero-order valence-corrected chi connectivity index (χ0v) is 18.2. The van der Waals surface area contributed by atoms with Crippen LogP contribution >= 0.6 is 11.6 Å². The third kappa shape index (κ3) is 4.43. The highest BCUT2D eigenvalue weighted by molar-refractivity contribution is 6.30. The number of halogens is 1. The van der Waals surface area contributed by atoms with Crippen molar-refractivity contribution in [1.82, 2.24) is 19.7 Å². The molecule has 1 aromatic carbocycles. The molecular weight excluding hydrogens is 400 g/mol. The van der Waals surface area contributed by atoms with Gasteiger partial charge in [-0.1, -0.05) is 37.1 Å². The van der Waals surface area contributed by atoms with Gasteiger partial charge in [-0.15, -0.1) is 0 Å². The Morgan fingerprint density at radius 1 is 1.27 bits per heavy atom. The molecule has 6 nitrogen and oxygen atoms in total. The number of aryl methyl sites for hydroxylation is 2. The van der Waals surface area contributed by atoms with E-state index in [2.05, 4.69) is 17.0 Å². The summed E-state index contributed by atoms with van der Waals surface area (Å²) in [5, 5.41) is 5.21. The molecule has 3 aromatic rings. The number of carbonyl (C=O) groups excluding carboxylic acids is 1. The van der Waals surface area contributed by atoms with E-state index in [0.717, 1.165) is 49.1 Å². The molecule has 0 unspecified atom stereocenters. The molecule has 7 heteroatoms. The molecule has 0 N–H and O–H groups in total. The van der Waals surface area contributed by atoms with Crippen molar-refractivity contribution in [2.75, 3.05) is 6.54 Å². The van der Waals surface area contributed by atoms with Crippen LogP contribution in [0.3, 0.4) is 0 Å². The standard InChI is InChI=1S/C23H27ClN4O2/c1-3-6-18-14-21(27(2)26-18)23(29)28-12-5-4-7-20(28)22-25-15-19(30-22)13-16-8-10-17(24)11-9-16/h8-11,14-15,20H,3-7,12-13H2,1-2H3/t20-/m1/s1. The van der Waals surface area contributed by atoms with Crippen molar-refractivity contribution in [2.45, 2.75) is 51.5 Å². The van der Waals surface area contributed by atoms with E-state index in [4.69, 9.17) is 16.0 Å². The van der Waals surface area contributed by atoms with Gasteiger partial charge in [0.1, 0.15) is 17.5 Å². The normalized spacial score (nSPS) is 16.8. The fourth-order valence-electron chi connectivity index (χ4n) is 4.05. The first-order valence-corrected chi connectivity index (χ1v) is 11.0. The minimum Gasteiger partial charge on any atom is -0.443 e. The summed E-state index contributed by atoms with van der Waals surface area (Å²) in [6.45, 7) is 2.81. The molecule has 30 heavy (non-hydrogen) atoms. The number of rotatable bonds is 6. The first-order chi connectivity index (χ1) is 14.5. The van der Waals surface area contributed by atoms with Gasteiger partial charge in [-0.2, -0.15) is 5.10 Å². The molecule has 1 saturated heterocycles. The van der Waals surface area contributed by atoms with E-state index in [9.17, 15) is 4.79 Å². The summed E-state index contributed by atoms with van der Waals surface area (Å²) in [6.07, 6.45) is 7.18. The SMILES string of the molecule is CCCc1cc(C(=O)N2CCCC[C@@H]2c2ncc(Cc3ccc(Cl)cc3)o2)n(C)n1. The molecule has 158 valence electrons. The number of likely N-dealkylation sites (tertiary alicyclic amines) is 1. The quantitative estimate of drug-likeness (QED) is 0.558. The van der Waals surface area contributed by atoms with Crippen LogP contribution < -0.4 is 0 Å². The minimum absolute atomic E-state index is 0.00509. The van der Waals surface area contributed by atoms with E-state index < -0.39 is 0 Å². The first-order valence-electron chi connectivity index (χ1n) is 10.6. The molecule has 0 radical (unpaired) electrons. The Bertz CT molecular complexity index is 1010. The van der Waals surface area contributed by atoms with Crippen LogP contribution in [0.5, 0.6) is 0 Å². The van der Waals surface area contributed by atoms with Crippen LogP contribution in [-0.2, 0) is 19.9 Å². The Balaban J connectivity index is 1.53. The van der Waals surface area contributed by atoms with Crippen LogP contribution in [0, 0.1) is 0 Å². The van der Waals surface area contributed by atoms with Gasteiger partial charge < -0.3 is 9.32 Å². The van der Waals surface area contributed by atoms with Crippen LogP contribution in [0.25, 0.3) is 0 Å². The number of hydrogen-bond donors (Lipinski definition) is 0. The maximum absolute atomic E-state index is 13.3. The van der Waals surface area contributed by atoms with Gasteiger partial charge in [0.15, 0.2) is 0 Å². The lowest BCUT2D eigenvalue weighted by Gasteiger charge is -2.33. The number of nitrogens with zero attached hydrogens (tertiary/aromatic N) is 4. The first kappa shape index (κ1) is 20.7. The minimum atomic E-state index is -0.144. The van der Waals surface area contributed by atoms with Gasteiger partial charge in [0.25, 0.3) is 5.91 Å². The van der Waals surface area contributed by atoms with Crippen molar-refractivity contribution in [3.63, 3.8) is 0 Å². The van der Waals surface area contributed by atoms with E-state index in [0.29, 0.717) is 29.6 Å². The highest BCUT2D eigenvalue weighted by Crippen LogP contribution is 2.32. The predicted octanol–water partition coefficient (Wildman–Crippen LogP) is 4.97. The Kier molecular flexibility index (Phi) is 6.23. The smallest absolute Gasteiger partial charge is 0.272 e. The summed E-state index contributed by atoms with van der Waals surface area (Å²) in [4.78, 5) is 19.8. The van der Waals surface area contributed by atoms with Crippen LogP contribution in [0.15, 0.2) is 40.9 Å². The van der Waals surface area contributed by atoms with Gasteiger partial charge in [-0.05, 0) is 49.4 Å². The summed E-state index contributed by atoms with van der Waals surface area (Å²) < 4.78 is 7.78. The number of benzene rings is 1. The summed E-state index contributed by atoms with van der Waals surface area (Å²) >= 11 is 5.97. The molecule has 1 aliphatic heterocycles. The van der Waals surface area contributed by atoms with Gasteiger partial charge in [-0.25, -0.2) is 4.98 Å². The number of carbonyl (C=O) groups is 1. The lowest BCUT2D eigenvalue weighted by atomic mass is 10.0. The molecule has 3 heterocycles. The third-order valence-corrected chi connectivity index (χ3v) is 5.82. The summed E-state index contributed by atoms with van der Waals surface area (Å²) in [5.41, 5.74) is 2.69. The predicted molar refractivity (Wildman–Crippen MR) is 116 cm³/mol. The largest absolute Gasteiger partial charge is 0.443 e. The number of piperidine rings is 1. The lowest BCUT2D eigenvalue weighted by Crippen LogP contribution is -2.39. The monoisotopic (exact) mass is 426 g/mol. The second-order valence-corrected chi connectivity index (χ2v) is 8.31. The molecule has 2 aromatic heterocycles. The van der Waals surface area contributed by atoms with E-state index in [1.165, 1.54) is 0 Å².